The standard InChI is InChI=1S/C27H26BrF3N4O3/c1-25(27(29,30)31)14-34(15-25)22(36)13-35-21-4-2-3-19(28)23(21)26(24(35)37)9-7-17(8-10-26)38-18-5-6-20-16(11-18)12-32-33-20/h2-6,11-12,17H,7-10,13-15H2,1H3,(H,32,33). The van der Waals surface area contributed by atoms with Crippen LogP contribution in [0.3, 0.4) is 0 Å². The van der Waals surface area contributed by atoms with Gasteiger partial charge in [-0.1, -0.05) is 22.0 Å². The van der Waals surface area contributed by atoms with E-state index in [1.54, 1.807) is 18.3 Å². The maximum Gasteiger partial charge on any atom is 0.397 e. The second-order valence-corrected chi connectivity index (χ2v) is 11.7. The van der Waals surface area contributed by atoms with Crippen LogP contribution >= 0.6 is 15.9 Å². The van der Waals surface area contributed by atoms with Crippen molar-refractivity contribution in [2.45, 2.75) is 50.3 Å². The lowest BCUT2D eigenvalue weighted by Gasteiger charge is -2.48. The molecule has 6 rings (SSSR count). The van der Waals surface area contributed by atoms with Crippen LogP contribution in [0.15, 0.2) is 47.1 Å². The quantitative estimate of drug-likeness (QED) is 0.445. The number of amides is 2. The smallest absolute Gasteiger partial charge is 0.397 e. The zero-order chi connectivity index (χ0) is 26.9. The third kappa shape index (κ3) is 3.88. The molecule has 200 valence electrons. The van der Waals surface area contributed by atoms with E-state index in [1.165, 1.54) is 9.80 Å². The Morgan fingerprint density at radius 3 is 2.66 bits per heavy atom. The second-order valence-electron chi connectivity index (χ2n) is 10.9. The number of nitrogens with one attached hydrogen (secondary N) is 1. The van der Waals surface area contributed by atoms with Crippen molar-refractivity contribution in [3.05, 3.63) is 52.6 Å². The number of rotatable bonds is 4. The van der Waals surface area contributed by atoms with Crippen molar-refractivity contribution in [1.29, 1.82) is 0 Å². The summed E-state index contributed by atoms with van der Waals surface area (Å²) in [5, 5.41) is 7.91. The zero-order valence-electron chi connectivity index (χ0n) is 20.6. The summed E-state index contributed by atoms with van der Waals surface area (Å²) in [7, 11) is 0. The maximum absolute atomic E-state index is 13.9. The number of fused-ring (bicyclic) bond motifs is 3. The third-order valence-electron chi connectivity index (χ3n) is 8.33. The second kappa shape index (κ2) is 8.72. The van der Waals surface area contributed by atoms with Crippen molar-refractivity contribution in [1.82, 2.24) is 15.1 Å². The first kappa shape index (κ1) is 25.2. The lowest BCUT2D eigenvalue weighted by atomic mass is 9.69. The number of aromatic nitrogens is 2. The molecule has 2 fully saturated rings. The summed E-state index contributed by atoms with van der Waals surface area (Å²) in [6, 6.07) is 11.2. The van der Waals surface area contributed by atoms with Crippen LogP contribution in [-0.4, -0.2) is 58.8 Å². The summed E-state index contributed by atoms with van der Waals surface area (Å²) in [6.07, 6.45) is -0.327. The van der Waals surface area contributed by atoms with E-state index in [4.69, 9.17) is 4.74 Å². The average molecular weight is 591 g/mol. The molecule has 3 heterocycles. The van der Waals surface area contributed by atoms with E-state index < -0.39 is 36.0 Å². The molecule has 1 aromatic heterocycles. The highest BCUT2D eigenvalue weighted by molar-refractivity contribution is 9.10. The largest absolute Gasteiger partial charge is 0.490 e. The van der Waals surface area contributed by atoms with Gasteiger partial charge in [-0.2, -0.15) is 18.3 Å². The molecule has 1 aliphatic carbocycles. The van der Waals surface area contributed by atoms with E-state index in [1.807, 2.05) is 24.3 Å². The number of carbonyl (C=O) groups excluding carboxylic acids is 2. The first-order chi connectivity index (χ1) is 18.0. The van der Waals surface area contributed by atoms with Crippen molar-refractivity contribution in [3.8, 4) is 5.75 Å². The summed E-state index contributed by atoms with van der Waals surface area (Å²) >= 11 is 3.62. The van der Waals surface area contributed by atoms with Gasteiger partial charge in [0.25, 0.3) is 0 Å². The van der Waals surface area contributed by atoms with Crippen molar-refractivity contribution in [2.75, 3.05) is 24.5 Å². The fourth-order valence-corrected chi connectivity index (χ4v) is 6.82. The normalized spacial score (nSPS) is 24.6. The number of alkyl halides is 3. The Kier molecular flexibility index (Phi) is 5.79. The minimum Gasteiger partial charge on any atom is -0.490 e. The van der Waals surface area contributed by atoms with Gasteiger partial charge >= 0.3 is 6.18 Å². The van der Waals surface area contributed by atoms with Crippen LogP contribution in [0.5, 0.6) is 5.75 Å². The number of benzene rings is 2. The molecule has 0 unspecified atom stereocenters. The molecule has 38 heavy (non-hydrogen) atoms. The van der Waals surface area contributed by atoms with Gasteiger partial charge in [0, 0.05) is 34.2 Å². The van der Waals surface area contributed by atoms with Crippen molar-refractivity contribution in [2.24, 2.45) is 5.41 Å². The van der Waals surface area contributed by atoms with E-state index >= 15 is 0 Å². The number of H-pyrrole nitrogens is 1. The fourth-order valence-electron chi connectivity index (χ4n) is 6.08. The van der Waals surface area contributed by atoms with Crippen molar-refractivity contribution >= 4 is 44.3 Å². The van der Waals surface area contributed by atoms with Crippen LogP contribution in [0.4, 0.5) is 18.9 Å². The molecule has 2 aliphatic heterocycles. The number of halogens is 4. The minimum atomic E-state index is -4.38. The first-order valence-electron chi connectivity index (χ1n) is 12.6. The highest BCUT2D eigenvalue weighted by Crippen LogP contribution is 2.53. The number of anilines is 1. The number of aromatic amines is 1. The number of likely N-dealkylation sites (tertiary alicyclic amines) is 1. The molecule has 1 saturated heterocycles. The molecule has 0 atom stereocenters. The van der Waals surface area contributed by atoms with E-state index in [2.05, 4.69) is 26.1 Å². The van der Waals surface area contributed by atoms with E-state index in [0.717, 1.165) is 33.6 Å². The molecule has 3 aromatic rings. The molecule has 7 nitrogen and oxygen atoms in total. The van der Waals surface area contributed by atoms with Gasteiger partial charge in [-0.05, 0) is 62.9 Å². The Morgan fingerprint density at radius 2 is 1.95 bits per heavy atom. The molecule has 0 radical (unpaired) electrons. The lowest BCUT2D eigenvalue weighted by molar-refractivity contribution is -0.256. The molecule has 1 N–H and O–H groups in total. The minimum absolute atomic E-state index is 0.0690. The van der Waals surface area contributed by atoms with Gasteiger partial charge in [0.2, 0.25) is 11.8 Å². The topological polar surface area (TPSA) is 78.5 Å². The molecular weight excluding hydrogens is 565 g/mol. The van der Waals surface area contributed by atoms with Crippen molar-refractivity contribution in [3.63, 3.8) is 0 Å². The fraction of sp³-hybridized carbons (Fsp3) is 0.444. The Labute approximate surface area is 225 Å². The Bertz CT molecular complexity index is 1420. The van der Waals surface area contributed by atoms with Crippen molar-refractivity contribution < 1.29 is 27.5 Å². The van der Waals surface area contributed by atoms with E-state index in [0.29, 0.717) is 31.4 Å². The van der Waals surface area contributed by atoms with Gasteiger partial charge in [-0.25, -0.2) is 0 Å². The number of hydrogen-bond acceptors (Lipinski definition) is 4. The first-order valence-corrected chi connectivity index (χ1v) is 13.4. The number of ether oxygens (including phenoxy) is 1. The zero-order valence-corrected chi connectivity index (χ0v) is 22.2. The van der Waals surface area contributed by atoms with Crippen LogP contribution in [-0.2, 0) is 15.0 Å². The monoisotopic (exact) mass is 590 g/mol. The molecule has 1 spiro atoms. The highest BCUT2D eigenvalue weighted by Gasteiger charge is 2.60. The molecule has 11 heteroatoms. The Morgan fingerprint density at radius 1 is 1.21 bits per heavy atom. The summed E-state index contributed by atoms with van der Waals surface area (Å²) in [5.41, 5.74) is -0.296. The Hall–Kier alpha value is -3.08. The molecule has 2 aromatic carbocycles. The van der Waals surface area contributed by atoms with E-state index in [9.17, 15) is 22.8 Å². The summed E-state index contributed by atoms with van der Waals surface area (Å²) in [5.74, 6) is 0.0895. The van der Waals surface area contributed by atoms with Gasteiger partial charge in [-0.3, -0.25) is 14.7 Å². The molecular formula is C27H26BrF3N4O3. The van der Waals surface area contributed by atoms with Gasteiger partial charge in [0.1, 0.15) is 12.3 Å². The number of carbonyl (C=O) groups is 2. The van der Waals surface area contributed by atoms with Crippen LogP contribution in [0.2, 0.25) is 0 Å². The molecule has 2 amide bonds. The van der Waals surface area contributed by atoms with Gasteiger partial charge in [0.15, 0.2) is 0 Å². The lowest BCUT2D eigenvalue weighted by Crippen LogP contribution is -2.64. The van der Waals surface area contributed by atoms with Gasteiger partial charge in [0.05, 0.1) is 28.6 Å². The summed E-state index contributed by atoms with van der Waals surface area (Å²) < 4.78 is 46.8. The SMILES string of the molecule is CC1(C(F)(F)F)CN(C(=O)CN2C(=O)C3(CCC(Oc4ccc5[nH]ncc5c4)CC3)c3c(Br)cccc32)C1. The number of nitrogens with zero attached hydrogens (tertiary/aromatic N) is 3. The maximum atomic E-state index is 13.9. The van der Waals surface area contributed by atoms with Gasteiger partial charge in [-0.15, -0.1) is 0 Å². The van der Waals surface area contributed by atoms with Crippen LogP contribution in [0.25, 0.3) is 10.9 Å². The summed E-state index contributed by atoms with van der Waals surface area (Å²) in [6.45, 7) is 0.0601. The Balaban J connectivity index is 1.18. The average Bonchev–Trinajstić information content (AvgIpc) is 3.40. The summed E-state index contributed by atoms with van der Waals surface area (Å²) in [4.78, 5) is 29.5. The van der Waals surface area contributed by atoms with Gasteiger partial charge < -0.3 is 14.5 Å². The molecule has 1 saturated carbocycles. The highest BCUT2D eigenvalue weighted by atomic mass is 79.9. The van der Waals surface area contributed by atoms with Crippen LogP contribution in [0.1, 0.15) is 38.2 Å². The number of hydrogen-bond donors (Lipinski definition) is 1. The third-order valence-corrected chi connectivity index (χ3v) is 8.99. The van der Waals surface area contributed by atoms with Crippen LogP contribution < -0.4 is 9.64 Å². The predicted octanol–water partition coefficient (Wildman–Crippen LogP) is 5.34. The predicted molar refractivity (Wildman–Crippen MR) is 138 cm³/mol. The van der Waals surface area contributed by atoms with Crippen LogP contribution in [0, 0.1) is 5.41 Å². The molecule has 0 bridgehead atoms. The molecule has 3 aliphatic rings. The van der Waals surface area contributed by atoms with E-state index in [-0.39, 0.29) is 18.6 Å².